The average molecular weight is 1110 g/mol. The van der Waals surface area contributed by atoms with E-state index >= 15 is 0 Å². The summed E-state index contributed by atoms with van der Waals surface area (Å²) in [5.41, 5.74) is 25.7. The lowest BCUT2D eigenvalue weighted by Gasteiger charge is -2.37. The van der Waals surface area contributed by atoms with Crippen LogP contribution in [-0.2, 0) is 0 Å². The first-order valence-corrected chi connectivity index (χ1v) is 30.0. The zero-order chi connectivity index (χ0) is 56.6. The van der Waals surface area contributed by atoms with E-state index in [9.17, 15) is 0 Å². The first-order valence-electron chi connectivity index (χ1n) is 30.0. The molecule has 15 aromatic rings. The molecule has 0 radical (unpaired) electrons. The lowest BCUT2D eigenvalue weighted by Crippen LogP contribution is -2.60. The molecular formula is C75H42B3N3O6. The molecule has 0 saturated heterocycles. The highest BCUT2D eigenvalue weighted by atomic mass is 16.5. The van der Waals surface area contributed by atoms with E-state index in [0.29, 0.717) is 0 Å². The first-order chi connectivity index (χ1) is 42.9. The van der Waals surface area contributed by atoms with Gasteiger partial charge in [-0.1, -0.05) is 91.0 Å². The van der Waals surface area contributed by atoms with Crippen molar-refractivity contribution in [1.29, 1.82) is 0 Å². The standard InChI is InChI=1S/3C25H14BNO2/c1-13-12-15-14-6-2-3-7-16(14)27-17-8-4-9-18-21(17)26-22-19(28-18)10-5-11-20(22)29-25(13)23(26)24(15)27;1-13-12-20-24-25-21(13)14-6-2-3-7-15(14)27(25)16-8-4-9-17-22(16)26(24)23-18(28-17)10-5-11-19(23)29-20;1-13-9-11-20-23-25(13)29-19-12-10-15-14-5-2-3-6-16(14)27-17-7-4-8-18(28-20)21(17)26(23)22(19)24(15)27/h3*2-12H,1H3. The SMILES string of the molecule is Cc1cc2c3c4c1c1ccccc1n4-c1cccc4c1B3c1c(cccc1O2)O4.Cc1cc2c3ccccc3n3c2c2c1Oc1cccc4c1B2c1c(cccc1-3)O4.Cc1ccc2c3c1Oc1ccc4c5ccccc5n5c4c1B3c1c(cccc1-5)O2. The summed E-state index contributed by atoms with van der Waals surface area (Å²) in [6.45, 7) is 6.89. The van der Waals surface area contributed by atoms with Gasteiger partial charge in [0.25, 0.3) is 20.1 Å². The highest BCUT2D eigenvalue weighted by molar-refractivity contribution is 7.02. The van der Waals surface area contributed by atoms with Crippen LogP contribution in [0, 0.1) is 20.8 Å². The summed E-state index contributed by atoms with van der Waals surface area (Å²) in [7, 11) is 0. The zero-order valence-electron chi connectivity index (χ0n) is 47.1. The minimum atomic E-state index is 0.143. The molecule has 9 aliphatic rings. The Hall–Kier alpha value is -11.0. The number of aromatic nitrogens is 3. The molecular weight excluding hydrogens is 1070 g/mol. The largest absolute Gasteiger partial charge is 0.458 e. The molecule has 9 aliphatic heterocycles. The fraction of sp³-hybridized carbons (Fsp3) is 0.0400. The molecule has 87 heavy (non-hydrogen) atoms. The molecule has 9 nitrogen and oxygen atoms in total. The molecule has 12 heterocycles. The number of rotatable bonds is 0. The maximum absolute atomic E-state index is 6.50. The minimum absolute atomic E-state index is 0.143. The second kappa shape index (κ2) is 15.5. The number of aryl methyl sites for hydroxylation is 3. The number of fused-ring (bicyclic) bond motifs is 12. The lowest BCUT2D eigenvalue weighted by molar-refractivity contribution is 0.461. The maximum Gasteiger partial charge on any atom is 0.266 e. The number of para-hydroxylation sites is 3. The van der Waals surface area contributed by atoms with Crippen molar-refractivity contribution in [2.45, 2.75) is 20.8 Å². The molecule has 0 aliphatic carbocycles. The first kappa shape index (κ1) is 45.5. The van der Waals surface area contributed by atoms with E-state index in [4.69, 9.17) is 28.4 Å². The summed E-state index contributed by atoms with van der Waals surface area (Å²) in [5, 5.41) is 7.75. The van der Waals surface area contributed by atoms with Gasteiger partial charge in [-0.05, 0) is 179 Å². The fourth-order valence-corrected chi connectivity index (χ4v) is 17.1. The second-order valence-electron chi connectivity index (χ2n) is 24.5. The molecule has 0 amide bonds. The predicted molar refractivity (Wildman–Crippen MR) is 350 cm³/mol. The third-order valence-electron chi connectivity index (χ3n) is 20.3. The number of ether oxygens (including phenoxy) is 6. The number of hydrogen-bond acceptors (Lipinski definition) is 6. The Morgan fingerprint density at radius 2 is 0.655 bits per heavy atom. The molecule has 0 saturated carbocycles. The van der Waals surface area contributed by atoms with E-state index in [-0.39, 0.29) is 20.1 Å². The molecule has 0 atom stereocenters. The van der Waals surface area contributed by atoms with Gasteiger partial charge in [0, 0.05) is 65.8 Å². The van der Waals surface area contributed by atoms with Gasteiger partial charge in [-0.2, -0.15) is 0 Å². The molecule has 0 bridgehead atoms. The Kier molecular flexibility index (Phi) is 8.09. The Morgan fingerprint density at radius 1 is 0.253 bits per heavy atom. The third-order valence-corrected chi connectivity index (χ3v) is 20.3. The minimum Gasteiger partial charge on any atom is -0.458 e. The molecule has 12 aromatic carbocycles. The van der Waals surface area contributed by atoms with E-state index in [0.717, 1.165) is 85.5 Å². The molecule has 402 valence electrons. The molecule has 24 rings (SSSR count). The van der Waals surface area contributed by atoms with Crippen molar-refractivity contribution in [3.8, 4) is 86.1 Å². The Bertz CT molecular complexity index is 5870. The normalized spacial score (nSPS) is 14.2. The van der Waals surface area contributed by atoms with Gasteiger partial charge in [0.05, 0.1) is 33.1 Å². The van der Waals surface area contributed by atoms with Gasteiger partial charge in [0.1, 0.15) is 69.0 Å². The number of benzene rings is 12. The van der Waals surface area contributed by atoms with E-state index in [1.165, 1.54) is 132 Å². The van der Waals surface area contributed by atoms with Crippen LogP contribution < -0.4 is 77.6 Å². The van der Waals surface area contributed by atoms with Crippen LogP contribution in [0.5, 0.6) is 69.0 Å². The van der Waals surface area contributed by atoms with Crippen molar-refractivity contribution < 1.29 is 28.4 Å². The van der Waals surface area contributed by atoms with Crippen molar-refractivity contribution in [1.82, 2.24) is 13.7 Å². The van der Waals surface area contributed by atoms with Gasteiger partial charge in [-0.15, -0.1) is 0 Å². The third kappa shape index (κ3) is 5.33. The molecule has 0 spiro atoms. The summed E-state index contributed by atoms with van der Waals surface area (Å²) in [4.78, 5) is 0. The van der Waals surface area contributed by atoms with Gasteiger partial charge in [-0.25, -0.2) is 0 Å². The van der Waals surface area contributed by atoms with Crippen molar-refractivity contribution >= 4 is 135 Å². The highest BCUT2D eigenvalue weighted by Crippen LogP contribution is 2.48. The van der Waals surface area contributed by atoms with Gasteiger partial charge >= 0.3 is 0 Å². The Labute approximate surface area is 497 Å². The quantitative estimate of drug-likeness (QED) is 0.141. The van der Waals surface area contributed by atoms with E-state index < -0.39 is 0 Å². The van der Waals surface area contributed by atoms with E-state index in [1.54, 1.807) is 0 Å². The highest BCUT2D eigenvalue weighted by Gasteiger charge is 2.50. The van der Waals surface area contributed by atoms with Crippen LogP contribution in [0.3, 0.4) is 0 Å². The van der Waals surface area contributed by atoms with Crippen LogP contribution in [0.15, 0.2) is 200 Å². The van der Waals surface area contributed by atoms with Crippen molar-refractivity contribution in [2.24, 2.45) is 0 Å². The fourth-order valence-electron chi connectivity index (χ4n) is 17.1. The summed E-state index contributed by atoms with van der Waals surface area (Å²) < 4.78 is 45.8. The van der Waals surface area contributed by atoms with Gasteiger partial charge in [0.2, 0.25) is 0 Å². The summed E-state index contributed by atoms with van der Waals surface area (Å²) >= 11 is 0. The molecule has 3 aromatic heterocycles. The van der Waals surface area contributed by atoms with Gasteiger partial charge in [-0.3, -0.25) is 0 Å². The van der Waals surface area contributed by atoms with Gasteiger partial charge < -0.3 is 42.1 Å². The average Bonchev–Trinajstić information content (AvgIpc) is 1.68. The lowest BCUT2D eigenvalue weighted by atomic mass is 9.33. The Morgan fingerprint density at radius 3 is 1.25 bits per heavy atom. The van der Waals surface area contributed by atoms with Gasteiger partial charge in [0.15, 0.2) is 0 Å². The summed E-state index contributed by atoms with van der Waals surface area (Å²) in [6, 6.07) is 70.6. The topological polar surface area (TPSA) is 70.2 Å². The van der Waals surface area contributed by atoms with Crippen LogP contribution in [-0.4, -0.2) is 33.8 Å². The molecule has 12 heteroatoms. The zero-order valence-corrected chi connectivity index (χ0v) is 47.1. The van der Waals surface area contributed by atoms with Crippen LogP contribution in [0.25, 0.3) is 82.5 Å². The Balaban J connectivity index is 0.0000000874. The van der Waals surface area contributed by atoms with Crippen LogP contribution in [0.4, 0.5) is 0 Å². The van der Waals surface area contributed by atoms with E-state index in [2.05, 4.69) is 223 Å². The maximum atomic E-state index is 6.50. The summed E-state index contributed by atoms with van der Waals surface area (Å²) in [6.07, 6.45) is 0. The van der Waals surface area contributed by atoms with Crippen LogP contribution >= 0.6 is 0 Å². The van der Waals surface area contributed by atoms with Crippen molar-refractivity contribution in [3.05, 3.63) is 217 Å². The molecule has 0 unspecified atom stereocenters. The smallest absolute Gasteiger partial charge is 0.266 e. The number of nitrogens with zero attached hydrogens (tertiary/aromatic N) is 3. The monoisotopic (exact) mass is 1110 g/mol. The van der Waals surface area contributed by atoms with Crippen molar-refractivity contribution in [3.63, 3.8) is 0 Å². The van der Waals surface area contributed by atoms with E-state index in [1.807, 2.05) is 12.1 Å². The molecule has 0 fully saturated rings. The van der Waals surface area contributed by atoms with Crippen molar-refractivity contribution in [2.75, 3.05) is 0 Å². The second-order valence-corrected chi connectivity index (χ2v) is 24.5. The predicted octanol–water partition coefficient (Wildman–Crippen LogP) is 12.4. The number of hydrogen-bond donors (Lipinski definition) is 0. The summed E-state index contributed by atoms with van der Waals surface area (Å²) in [5.74, 6) is 11.3. The molecule has 0 N–H and O–H groups in total. The van der Waals surface area contributed by atoms with Crippen LogP contribution in [0.1, 0.15) is 16.7 Å². The van der Waals surface area contributed by atoms with Crippen LogP contribution in [0.2, 0.25) is 0 Å².